The Hall–Kier alpha value is -1.55. The molecule has 0 aromatic heterocycles. The Kier molecular flexibility index (Phi) is 5.21. The molecular formula is C25H37NO3. The van der Waals surface area contributed by atoms with E-state index in [-0.39, 0.29) is 22.8 Å². The van der Waals surface area contributed by atoms with Crippen molar-refractivity contribution in [3.8, 4) is 5.75 Å². The standard InChI is InChI=1S/C25H37NO3/c1-16-13-18-14-22-24(2,3)25(4,20(18)15-21(16)29-6)11-12-26(22)23(27)17-7-9-19(28-5)10-8-17/h13,15,17,19,22H,7-12,14H2,1-6H3/t17?,19?,22-,25-/m1/s1. The third-order valence-electron chi connectivity index (χ3n) is 8.75. The fourth-order valence-electron chi connectivity index (χ4n) is 6.33. The van der Waals surface area contributed by atoms with Crippen molar-refractivity contribution in [2.24, 2.45) is 11.3 Å². The Morgan fingerprint density at radius 2 is 1.79 bits per heavy atom. The van der Waals surface area contributed by atoms with Gasteiger partial charge in [0.1, 0.15) is 5.75 Å². The van der Waals surface area contributed by atoms with Crippen molar-refractivity contribution in [1.82, 2.24) is 4.90 Å². The maximum atomic E-state index is 13.6. The van der Waals surface area contributed by atoms with Gasteiger partial charge in [-0.15, -0.1) is 0 Å². The average Bonchev–Trinajstić information content (AvgIpc) is 2.70. The SMILES string of the molecule is COc1cc2c(cc1C)C[C@H]1N(C(=O)C3CCC(OC)CC3)CC[C@@]2(C)C1(C)C. The zero-order chi connectivity index (χ0) is 21.0. The lowest BCUT2D eigenvalue weighted by Crippen LogP contribution is -2.65. The summed E-state index contributed by atoms with van der Waals surface area (Å²) < 4.78 is 11.2. The van der Waals surface area contributed by atoms with Gasteiger partial charge in [-0.05, 0) is 73.6 Å². The molecule has 4 nitrogen and oxygen atoms in total. The normalized spacial score (nSPS) is 33.2. The van der Waals surface area contributed by atoms with Crippen LogP contribution in [-0.4, -0.2) is 43.7 Å². The van der Waals surface area contributed by atoms with Crippen LogP contribution in [0, 0.1) is 18.3 Å². The number of aryl methyl sites for hydroxylation is 1. The summed E-state index contributed by atoms with van der Waals surface area (Å²) in [6, 6.07) is 4.83. The molecule has 1 amide bonds. The Morgan fingerprint density at radius 3 is 2.41 bits per heavy atom. The Labute approximate surface area is 175 Å². The number of hydrogen-bond acceptors (Lipinski definition) is 3. The van der Waals surface area contributed by atoms with Crippen LogP contribution >= 0.6 is 0 Å². The summed E-state index contributed by atoms with van der Waals surface area (Å²) in [4.78, 5) is 15.8. The number of fused-ring (bicyclic) bond motifs is 4. The van der Waals surface area contributed by atoms with Gasteiger partial charge in [0.25, 0.3) is 0 Å². The largest absolute Gasteiger partial charge is 0.496 e. The maximum Gasteiger partial charge on any atom is 0.225 e. The van der Waals surface area contributed by atoms with E-state index in [1.165, 1.54) is 16.7 Å². The number of amides is 1. The van der Waals surface area contributed by atoms with Gasteiger partial charge in [-0.2, -0.15) is 0 Å². The van der Waals surface area contributed by atoms with E-state index < -0.39 is 0 Å². The molecule has 1 saturated heterocycles. The number of carbonyl (C=O) groups is 1. The lowest BCUT2D eigenvalue weighted by atomic mass is 9.50. The minimum Gasteiger partial charge on any atom is -0.496 e. The van der Waals surface area contributed by atoms with Crippen LogP contribution < -0.4 is 4.74 Å². The molecule has 1 aliphatic heterocycles. The lowest BCUT2D eigenvalue weighted by molar-refractivity contribution is -0.150. The number of benzene rings is 1. The molecule has 1 saturated carbocycles. The summed E-state index contributed by atoms with van der Waals surface area (Å²) in [6.07, 6.45) is 6.23. The van der Waals surface area contributed by atoms with Gasteiger partial charge in [0.2, 0.25) is 5.91 Å². The van der Waals surface area contributed by atoms with E-state index in [1.807, 2.05) is 0 Å². The topological polar surface area (TPSA) is 38.8 Å². The van der Waals surface area contributed by atoms with Gasteiger partial charge < -0.3 is 14.4 Å². The Bertz CT molecular complexity index is 794. The highest BCUT2D eigenvalue weighted by Crippen LogP contribution is 2.57. The number of rotatable bonds is 3. The van der Waals surface area contributed by atoms with Gasteiger partial charge in [0.05, 0.1) is 13.2 Å². The lowest BCUT2D eigenvalue weighted by Gasteiger charge is -2.61. The van der Waals surface area contributed by atoms with E-state index in [1.54, 1.807) is 14.2 Å². The first-order valence-electron chi connectivity index (χ1n) is 11.2. The molecule has 4 rings (SSSR count). The first kappa shape index (κ1) is 20.7. The van der Waals surface area contributed by atoms with E-state index in [2.05, 4.69) is 44.7 Å². The highest BCUT2D eigenvalue weighted by molar-refractivity contribution is 5.80. The van der Waals surface area contributed by atoms with Gasteiger partial charge in [0.15, 0.2) is 0 Å². The van der Waals surface area contributed by atoms with Crippen LogP contribution in [0.2, 0.25) is 0 Å². The summed E-state index contributed by atoms with van der Waals surface area (Å²) in [7, 11) is 3.55. The first-order chi connectivity index (χ1) is 13.7. The van der Waals surface area contributed by atoms with Crippen LogP contribution in [0.5, 0.6) is 5.75 Å². The van der Waals surface area contributed by atoms with Crippen LogP contribution in [0.15, 0.2) is 12.1 Å². The van der Waals surface area contributed by atoms with Crippen LogP contribution in [0.4, 0.5) is 0 Å². The van der Waals surface area contributed by atoms with Crippen molar-refractivity contribution < 1.29 is 14.3 Å². The molecule has 29 heavy (non-hydrogen) atoms. The van der Waals surface area contributed by atoms with Crippen molar-refractivity contribution in [1.29, 1.82) is 0 Å². The number of hydrogen-bond donors (Lipinski definition) is 0. The molecule has 3 aliphatic rings. The van der Waals surface area contributed by atoms with E-state index >= 15 is 0 Å². The number of carbonyl (C=O) groups excluding carboxylic acids is 1. The van der Waals surface area contributed by atoms with Crippen molar-refractivity contribution in [2.45, 2.75) is 83.8 Å². The molecule has 1 heterocycles. The molecule has 160 valence electrons. The third-order valence-corrected chi connectivity index (χ3v) is 8.75. The van der Waals surface area contributed by atoms with Crippen molar-refractivity contribution in [3.05, 3.63) is 28.8 Å². The zero-order valence-electron chi connectivity index (χ0n) is 19.0. The number of piperidine rings is 1. The minimum atomic E-state index is 0.0257. The smallest absolute Gasteiger partial charge is 0.225 e. The molecule has 0 unspecified atom stereocenters. The number of nitrogens with zero attached hydrogens (tertiary/aromatic N) is 1. The molecule has 2 atom stereocenters. The molecule has 1 aromatic carbocycles. The maximum absolute atomic E-state index is 13.6. The van der Waals surface area contributed by atoms with E-state index in [4.69, 9.17) is 9.47 Å². The fourth-order valence-corrected chi connectivity index (χ4v) is 6.33. The van der Waals surface area contributed by atoms with Gasteiger partial charge in [0, 0.05) is 31.0 Å². The molecule has 2 aliphatic carbocycles. The molecule has 0 radical (unpaired) electrons. The van der Waals surface area contributed by atoms with Crippen molar-refractivity contribution in [2.75, 3.05) is 20.8 Å². The molecule has 2 bridgehead atoms. The Morgan fingerprint density at radius 1 is 1.10 bits per heavy atom. The molecule has 1 aromatic rings. The monoisotopic (exact) mass is 399 g/mol. The third kappa shape index (κ3) is 3.10. The van der Waals surface area contributed by atoms with E-state index in [0.29, 0.717) is 12.0 Å². The molecule has 0 spiro atoms. The summed E-state index contributed by atoms with van der Waals surface area (Å²) in [5.41, 5.74) is 4.09. The van der Waals surface area contributed by atoms with Crippen molar-refractivity contribution >= 4 is 5.91 Å². The second-order valence-corrected chi connectivity index (χ2v) is 10.2. The van der Waals surface area contributed by atoms with Gasteiger partial charge in [-0.25, -0.2) is 0 Å². The highest BCUT2D eigenvalue weighted by Gasteiger charge is 2.57. The second-order valence-electron chi connectivity index (χ2n) is 10.2. The van der Waals surface area contributed by atoms with Crippen LogP contribution in [0.1, 0.15) is 69.6 Å². The zero-order valence-corrected chi connectivity index (χ0v) is 19.0. The van der Waals surface area contributed by atoms with Crippen LogP contribution in [-0.2, 0) is 21.4 Å². The quantitative estimate of drug-likeness (QED) is 0.743. The predicted octanol–water partition coefficient (Wildman–Crippen LogP) is 4.65. The number of methoxy groups -OCH3 is 2. The Balaban J connectivity index is 1.65. The summed E-state index contributed by atoms with van der Waals surface area (Å²) >= 11 is 0. The fraction of sp³-hybridized carbons (Fsp3) is 0.720. The van der Waals surface area contributed by atoms with Crippen LogP contribution in [0.3, 0.4) is 0 Å². The molecular weight excluding hydrogens is 362 g/mol. The van der Waals surface area contributed by atoms with E-state index in [0.717, 1.165) is 50.8 Å². The summed E-state index contributed by atoms with van der Waals surface area (Å²) in [6.45, 7) is 10.1. The van der Waals surface area contributed by atoms with Crippen molar-refractivity contribution in [3.63, 3.8) is 0 Å². The van der Waals surface area contributed by atoms with Crippen LogP contribution in [0.25, 0.3) is 0 Å². The highest BCUT2D eigenvalue weighted by atomic mass is 16.5. The predicted molar refractivity (Wildman–Crippen MR) is 115 cm³/mol. The molecule has 4 heteroatoms. The summed E-state index contributed by atoms with van der Waals surface area (Å²) in [5.74, 6) is 1.53. The second kappa shape index (κ2) is 7.30. The molecule has 0 N–H and O–H groups in total. The molecule has 2 fully saturated rings. The van der Waals surface area contributed by atoms with E-state index in [9.17, 15) is 4.79 Å². The van der Waals surface area contributed by atoms with Gasteiger partial charge in [-0.3, -0.25) is 4.79 Å². The van der Waals surface area contributed by atoms with Gasteiger partial charge >= 0.3 is 0 Å². The minimum absolute atomic E-state index is 0.0257. The number of ether oxygens (including phenoxy) is 2. The first-order valence-corrected chi connectivity index (χ1v) is 11.2. The number of likely N-dealkylation sites (tertiary alicyclic amines) is 1. The average molecular weight is 400 g/mol. The van der Waals surface area contributed by atoms with Gasteiger partial charge in [-0.1, -0.05) is 26.8 Å². The summed E-state index contributed by atoms with van der Waals surface area (Å²) in [5, 5.41) is 0.